The monoisotopic (exact) mass is 249 g/mol. The molecule has 4 heteroatoms. The normalized spacial score (nSPS) is 25.2. The minimum absolute atomic E-state index is 0.0975. The molecule has 100 valence electrons. The summed E-state index contributed by atoms with van der Waals surface area (Å²) in [6, 6.07) is 2.11. The third-order valence-corrected chi connectivity index (χ3v) is 3.98. The number of likely N-dealkylation sites (tertiary alicyclic amines) is 1. The first kappa shape index (κ1) is 13.1. The number of amides is 1. The van der Waals surface area contributed by atoms with Gasteiger partial charge in [-0.15, -0.1) is 0 Å². The number of hydrogen-bond acceptors (Lipinski definition) is 2. The maximum atomic E-state index is 12.5. The maximum absolute atomic E-state index is 12.5. The number of nitrogens with one attached hydrogen (secondary N) is 1. The van der Waals surface area contributed by atoms with Gasteiger partial charge in [-0.05, 0) is 37.2 Å². The second kappa shape index (κ2) is 5.55. The van der Waals surface area contributed by atoms with Crippen molar-refractivity contribution in [2.24, 2.45) is 11.8 Å². The lowest BCUT2D eigenvalue weighted by molar-refractivity contribution is 0.0625. The predicted octanol–water partition coefficient (Wildman–Crippen LogP) is 2.70. The van der Waals surface area contributed by atoms with Crippen LogP contribution in [0.1, 0.15) is 50.5 Å². The average molecular weight is 249 g/mol. The molecule has 1 fully saturated rings. The van der Waals surface area contributed by atoms with Crippen molar-refractivity contribution in [1.82, 2.24) is 15.1 Å². The Kier molecular flexibility index (Phi) is 4.04. The van der Waals surface area contributed by atoms with Crippen LogP contribution in [-0.2, 0) is 0 Å². The van der Waals surface area contributed by atoms with Crippen molar-refractivity contribution >= 4 is 5.91 Å². The Balaban J connectivity index is 2.18. The van der Waals surface area contributed by atoms with Crippen LogP contribution in [0.5, 0.6) is 0 Å². The summed E-state index contributed by atoms with van der Waals surface area (Å²) in [4.78, 5) is 14.5. The number of nitrogens with zero attached hydrogens (tertiary/aromatic N) is 2. The summed E-state index contributed by atoms with van der Waals surface area (Å²) in [7, 11) is 0. The van der Waals surface area contributed by atoms with E-state index in [4.69, 9.17) is 0 Å². The molecule has 2 rings (SSSR count). The molecule has 2 atom stereocenters. The molecule has 1 aromatic rings. The fourth-order valence-corrected chi connectivity index (χ4v) is 2.76. The number of hydrogen-bond donors (Lipinski definition) is 1. The average Bonchev–Trinajstić information content (AvgIpc) is 2.78. The van der Waals surface area contributed by atoms with E-state index in [1.165, 1.54) is 6.42 Å². The third kappa shape index (κ3) is 2.74. The molecule has 0 bridgehead atoms. The molecular weight excluding hydrogens is 226 g/mol. The van der Waals surface area contributed by atoms with E-state index in [1.54, 1.807) is 12.3 Å². The molecule has 1 aliphatic rings. The third-order valence-electron chi connectivity index (χ3n) is 3.98. The van der Waals surface area contributed by atoms with Gasteiger partial charge in [0.15, 0.2) is 0 Å². The van der Waals surface area contributed by atoms with E-state index in [2.05, 4.69) is 31.0 Å². The number of rotatable bonds is 2. The van der Waals surface area contributed by atoms with Gasteiger partial charge < -0.3 is 4.90 Å². The first-order valence-electron chi connectivity index (χ1n) is 6.90. The SMILES string of the molecule is CC(C)[C@H]1CC[C@@H](C)CCN1C(=O)c1ccn[nH]1. The van der Waals surface area contributed by atoms with E-state index in [9.17, 15) is 4.79 Å². The summed E-state index contributed by atoms with van der Waals surface area (Å²) >= 11 is 0. The predicted molar refractivity (Wildman–Crippen MR) is 71.3 cm³/mol. The Morgan fingerprint density at radius 2 is 2.22 bits per heavy atom. The smallest absolute Gasteiger partial charge is 0.272 e. The number of aromatic nitrogens is 2. The van der Waals surface area contributed by atoms with Crippen molar-refractivity contribution < 1.29 is 4.79 Å². The maximum Gasteiger partial charge on any atom is 0.272 e. The van der Waals surface area contributed by atoms with Crippen molar-refractivity contribution in [2.75, 3.05) is 6.54 Å². The van der Waals surface area contributed by atoms with Crippen molar-refractivity contribution in [2.45, 2.75) is 46.1 Å². The van der Waals surface area contributed by atoms with Crippen LogP contribution in [0.2, 0.25) is 0 Å². The van der Waals surface area contributed by atoms with Gasteiger partial charge >= 0.3 is 0 Å². The lowest BCUT2D eigenvalue weighted by atomic mass is 9.95. The molecule has 1 aliphatic heterocycles. The molecule has 18 heavy (non-hydrogen) atoms. The first-order chi connectivity index (χ1) is 8.59. The Morgan fingerprint density at radius 1 is 1.44 bits per heavy atom. The highest BCUT2D eigenvalue weighted by Crippen LogP contribution is 2.26. The Morgan fingerprint density at radius 3 is 2.83 bits per heavy atom. The minimum Gasteiger partial charge on any atom is -0.334 e. The highest BCUT2D eigenvalue weighted by molar-refractivity contribution is 5.92. The Bertz CT molecular complexity index is 386. The molecule has 0 unspecified atom stereocenters. The van der Waals surface area contributed by atoms with Crippen LogP contribution in [0.25, 0.3) is 0 Å². The number of carbonyl (C=O) groups excluding carboxylic acids is 1. The minimum atomic E-state index is 0.0975. The van der Waals surface area contributed by atoms with E-state index in [1.807, 2.05) is 4.90 Å². The molecule has 0 radical (unpaired) electrons. The second-order valence-electron chi connectivity index (χ2n) is 5.75. The summed E-state index contributed by atoms with van der Waals surface area (Å²) in [5.74, 6) is 1.31. The lowest BCUT2D eigenvalue weighted by Gasteiger charge is -2.32. The van der Waals surface area contributed by atoms with Crippen LogP contribution >= 0.6 is 0 Å². The van der Waals surface area contributed by atoms with Crippen molar-refractivity contribution in [1.29, 1.82) is 0 Å². The molecule has 1 saturated heterocycles. The fourth-order valence-electron chi connectivity index (χ4n) is 2.76. The molecule has 4 nitrogen and oxygen atoms in total. The summed E-state index contributed by atoms with van der Waals surface area (Å²) in [5.41, 5.74) is 0.607. The number of aromatic amines is 1. The van der Waals surface area contributed by atoms with Gasteiger partial charge in [-0.2, -0.15) is 5.10 Å². The number of carbonyl (C=O) groups is 1. The Hall–Kier alpha value is -1.32. The molecule has 1 N–H and O–H groups in total. The first-order valence-corrected chi connectivity index (χ1v) is 6.90. The van der Waals surface area contributed by atoms with Gasteiger partial charge in [-0.1, -0.05) is 20.8 Å². The van der Waals surface area contributed by atoms with E-state index >= 15 is 0 Å². The largest absolute Gasteiger partial charge is 0.334 e. The van der Waals surface area contributed by atoms with E-state index in [0.29, 0.717) is 23.6 Å². The molecule has 1 amide bonds. The second-order valence-corrected chi connectivity index (χ2v) is 5.75. The Labute approximate surface area is 109 Å². The lowest BCUT2D eigenvalue weighted by Crippen LogP contribution is -2.43. The fraction of sp³-hybridized carbons (Fsp3) is 0.714. The zero-order chi connectivity index (χ0) is 13.1. The van der Waals surface area contributed by atoms with Crippen LogP contribution in [-0.4, -0.2) is 33.6 Å². The van der Waals surface area contributed by atoms with Gasteiger partial charge in [0.1, 0.15) is 5.69 Å². The molecule has 0 aliphatic carbocycles. The van der Waals surface area contributed by atoms with Crippen molar-refractivity contribution in [3.05, 3.63) is 18.0 Å². The van der Waals surface area contributed by atoms with Crippen LogP contribution in [0.3, 0.4) is 0 Å². The molecular formula is C14H23N3O. The van der Waals surface area contributed by atoms with Crippen molar-refractivity contribution in [3.8, 4) is 0 Å². The topological polar surface area (TPSA) is 49.0 Å². The quantitative estimate of drug-likeness (QED) is 0.876. The van der Waals surface area contributed by atoms with E-state index < -0.39 is 0 Å². The van der Waals surface area contributed by atoms with Crippen LogP contribution in [0.4, 0.5) is 0 Å². The van der Waals surface area contributed by atoms with Gasteiger partial charge in [0, 0.05) is 18.8 Å². The summed E-state index contributed by atoms with van der Waals surface area (Å²) < 4.78 is 0. The zero-order valence-electron chi connectivity index (χ0n) is 11.5. The van der Waals surface area contributed by atoms with Crippen molar-refractivity contribution in [3.63, 3.8) is 0 Å². The van der Waals surface area contributed by atoms with E-state index in [-0.39, 0.29) is 5.91 Å². The standard InChI is InChI=1S/C14H23N3O/c1-10(2)13-5-4-11(3)7-9-17(13)14(18)12-6-8-15-16-12/h6,8,10-11,13H,4-5,7,9H2,1-3H3,(H,15,16)/t11-,13-/m1/s1. The van der Waals surface area contributed by atoms with Gasteiger partial charge in [0.25, 0.3) is 5.91 Å². The van der Waals surface area contributed by atoms with Gasteiger partial charge in [-0.25, -0.2) is 0 Å². The summed E-state index contributed by atoms with van der Waals surface area (Å²) in [6.45, 7) is 7.55. The van der Waals surface area contributed by atoms with Gasteiger partial charge in [0.05, 0.1) is 0 Å². The molecule has 2 heterocycles. The van der Waals surface area contributed by atoms with Gasteiger partial charge in [0.2, 0.25) is 0 Å². The highest BCUT2D eigenvalue weighted by atomic mass is 16.2. The summed E-state index contributed by atoms with van der Waals surface area (Å²) in [6.07, 6.45) is 5.06. The summed E-state index contributed by atoms with van der Waals surface area (Å²) in [5, 5.41) is 6.66. The highest BCUT2D eigenvalue weighted by Gasteiger charge is 2.30. The number of H-pyrrole nitrogens is 1. The molecule has 0 spiro atoms. The molecule has 0 saturated carbocycles. The van der Waals surface area contributed by atoms with E-state index in [0.717, 1.165) is 19.4 Å². The zero-order valence-corrected chi connectivity index (χ0v) is 11.5. The van der Waals surface area contributed by atoms with Gasteiger partial charge in [-0.3, -0.25) is 9.89 Å². The molecule has 1 aromatic heterocycles. The molecule has 0 aromatic carbocycles. The van der Waals surface area contributed by atoms with Crippen LogP contribution in [0.15, 0.2) is 12.3 Å². The van der Waals surface area contributed by atoms with Crippen LogP contribution < -0.4 is 0 Å². The van der Waals surface area contributed by atoms with Crippen LogP contribution in [0, 0.1) is 11.8 Å².